The monoisotopic (exact) mass is 802 g/mol. The second kappa shape index (κ2) is 18.1. The third-order valence-electron chi connectivity index (χ3n) is 7.21. The van der Waals surface area contributed by atoms with Crippen molar-refractivity contribution < 1.29 is 47.9 Å². The molecule has 3 aromatic carbocycles. The number of nitrogens with zero attached hydrogens (tertiary/aromatic N) is 1. The van der Waals surface area contributed by atoms with Crippen molar-refractivity contribution in [1.29, 1.82) is 0 Å². The Morgan fingerprint density at radius 3 is 2.42 bits per heavy atom. The van der Waals surface area contributed by atoms with Gasteiger partial charge in [-0.25, -0.2) is 14.4 Å². The molecule has 0 bridgehead atoms. The normalized spacial score (nSPS) is 14.7. The van der Waals surface area contributed by atoms with Gasteiger partial charge in [-0.3, -0.25) is 5.43 Å². The van der Waals surface area contributed by atoms with Gasteiger partial charge < -0.3 is 44.2 Å². The number of benzene rings is 3. The maximum absolute atomic E-state index is 12.5. The van der Waals surface area contributed by atoms with Gasteiger partial charge in [0.05, 0.1) is 54.4 Å². The van der Waals surface area contributed by atoms with Crippen LogP contribution in [0.2, 0.25) is 0 Å². The largest absolute Gasteiger partial charge is 0.493 e. The number of ether oxygens (including phenoxy) is 6. The fourth-order valence-corrected chi connectivity index (χ4v) is 5.66. The zero-order valence-electron chi connectivity index (χ0n) is 28.2. The number of amides is 2. The predicted octanol–water partition coefficient (Wildman–Crippen LogP) is 4.58. The first-order chi connectivity index (χ1) is 24.1. The van der Waals surface area contributed by atoms with Gasteiger partial charge in [-0.2, -0.15) is 5.10 Å². The molecule has 266 valence electrons. The summed E-state index contributed by atoms with van der Waals surface area (Å²) in [5.41, 5.74) is 5.86. The average Bonchev–Trinajstić information content (AvgIpc) is 3.10. The minimum Gasteiger partial charge on any atom is -0.493 e. The van der Waals surface area contributed by atoms with Crippen LogP contribution in [0.15, 0.2) is 71.0 Å². The van der Waals surface area contributed by atoms with Gasteiger partial charge >= 0.3 is 18.0 Å². The molecule has 0 saturated heterocycles. The molecule has 1 heterocycles. The van der Waals surface area contributed by atoms with Crippen LogP contribution in [0.5, 0.6) is 23.0 Å². The summed E-state index contributed by atoms with van der Waals surface area (Å²) >= 11 is 2.14. The molecular weight excluding hydrogens is 763 g/mol. The first-order valence-corrected chi connectivity index (χ1v) is 16.6. The predicted molar refractivity (Wildman–Crippen MR) is 191 cm³/mol. The Morgan fingerprint density at radius 1 is 0.980 bits per heavy atom. The number of hydrazone groups is 1. The van der Waals surface area contributed by atoms with E-state index in [9.17, 15) is 19.5 Å². The maximum Gasteiger partial charge on any atom is 0.338 e. The standard InChI is InChI=1S/C35H39IN4O10/c1-6-47-27-16-24(31-30(34(43)46-5)20(3)38-35(44)39-31)12-13-26(27)49-19-29(41)40-37-17-22-14-25(36)32(28(15-22)45-4)50-18-21-8-10-23(11-9-21)33(42)48-7-2/h8-17,29,31,40-41H,6-7,18-19H2,1-5H3,(H2,38,39,44)/b37-17+/t29-,31-/m0/s1. The Hall–Kier alpha value is -5.03. The number of nitrogens with one attached hydrogen (secondary N) is 3. The number of methoxy groups -OCH3 is 2. The van der Waals surface area contributed by atoms with E-state index in [2.05, 4.69) is 43.8 Å². The van der Waals surface area contributed by atoms with Gasteiger partial charge in [0, 0.05) is 5.70 Å². The summed E-state index contributed by atoms with van der Waals surface area (Å²) in [7, 11) is 2.80. The molecule has 15 heteroatoms. The summed E-state index contributed by atoms with van der Waals surface area (Å²) in [4.78, 5) is 36.6. The first kappa shape index (κ1) is 37.8. The Balaban J connectivity index is 1.36. The molecule has 0 radical (unpaired) electrons. The molecule has 1 aliphatic rings. The third kappa shape index (κ3) is 9.78. The first-order valence-electron chi connectivity index (χ1n) is 15.6. The summed E-state index contributed by atoms with van der Waals surface area (Å²) < 4.78 is 33.9. The molecule has 0 fully saturated rings. The number of carbonyl (C=O) groups is 3. The lowest BCUT2D eigenvalue weighted by molar-refractivity contribution is -0.136. The zero-order valence-corrected chi connectivity index (χ0v) is 30.4. The number of aliphatic hydroxyl groups is 1. The van der Waals surface area contributed by atoms with Gasteiger partial charge in [0.25, 0.3) is 0 Å². The molecule has 2 amide bonds. The van der Waals surface area contributed by atoms with Crippen molar-refractivity contribution in [3.8, 4) is 23.0 Å². The van der Waals surface area contributed by atoms with E-state index in [1.807, 2.05) is 6.07 Å². The molecule has 1 aliphatic heterocycles. The Morgan fingerprint density at radius 2 is 1.74 bits per heavy atom. The fraction of sp³-hybridized carbons (Fsp3) is 0.314. The SMILES string of the molecule is CCOC(=O)c1ccc(COc2c(I)cc(/C=N/N[C@@H](O)COc3ccc([C@@H]4NC(=O)NC(C)=C4C(=O)OC)cc3OCC)cc2OC)cc1. The van der Waals surface area contributed by atoms with Gasteiger partial charge in [0.15, 0.2) is 29.2 Å². The van der Waals surface area contributed by atoms with Gasteiger partial charge in [-0.05, 0) is 96.5 Å². The van der Waals surface area contributed by atoms with Crippen molar-refractivity contribution in [2.45, 2.75) is 39.6 Å². The second-order valence-electron chi connectivity index (χ2n) is 10.7. The van der Waals surface area contributed by atoms with Crippen molar-refractivity contribution >= 4 is 46.8 Å². The van der Waals surface area contributed by atoms with E-state index in [1.165, 1.54) is 20.4 Å². The van der Waals surface area contributed by atoms with Crippen molar-refractivity contribution in [2.75, 3.05) is 34.0 Å². The van der Waals surface area contributed by atoms with Crippen LogP contribution in [0.3, 0.4) is 0 Å². The molecule has 0 aliphatic carbocycles. The summed E-state index contributed by atoms with van der Waals surface area (Å²) in [6.07, 6.45) is 0.341. The number of hydrogen-bond donors (Lipinski definition) is 4. The number of allylic oxidation sites excluding steroid dienone is 1. The Kier molecular flexibility index (Phi) is 13.7. The highest BCUT2D eigenvalue weighted by atomic mass is 127. The molecule has 14 nitrogen and oxygen atoms in total. The minimum absolute atomic E-state index is 0.179. The minimum atomic E-state index is -1.18. The molecule has 0 saturated carbocycles. The maximum atomic E-state index is 12.5. The number of rotatable bonds is 16. The highest BCUT2D eigenvalue weighted by molar-refractivity contribution is 14.1. The molecule has 0 spiro atoms. The van der Waals surface area contributed by atoms with E-state index >= 15 is 0 Å². The summed E-state index contributed by atoms with van der Waals surface area (Å²) in [5, 5.41) is 20.0. The second-order valence-corrected chi connectivity index (χ2v) is 11.8. The van der Waals surface area contributed by atoms with Crippen LogP contribution in [0.4, 0.5) is 4.79 Å². The smallest absolute Gasteiger partial charge is 0.338 e. The molecule has 0 aromatic heterocycles. The Bertz CT molecular complexity index is 1750. The quantitative estimate of drug-likeness (QED) is 0.0525. The number of carbonyl (C=O) groups excluding carboxylic acids is 3. The third-order valence-corrected chi connectivity index (χ3v) is 8.01. The lowest BCUT2D eigenvalue weighted by Gasteiger charge is -2.28. The van der Waals surface area contributed by atoms with E-state index in [0.29, 0.717) is 58.6 Å². The molecule has 50 heavy (non-hydrogen) atoms. The van der Waals surface area contributed by atoms with Crippen LogP contribution in [0.25, 0.3) is 0 Å². The van der Waals surface area contributed by atoms with E-state index in [0.717, 1.165) is 9.13 Å². The van der Waals surface area contributed by atoms with Crippen LogP contribution in [0, 0.1) is 3.57 Å². The van der Waals surface area contributed by atoms with E-state index < -0.39 is 24.3 Å². The lowest BCUT2D eigenvalue weighted by Crippen LogP contribution is -2.45. The van der Waals surface area contributed by atoms with E-state index in [-0.39, 0.29) is 24.8 Å². The van der Waals surface area contributed by atoms with Crippen LogP contribution >= 0.6 is 22.6 Å². The molecule has 4 rings (SSSR count). The number of urea groups is 1. The number of aliphatic hydroxyl groups excluding tert-OH is 1. The van der Waals surface area contributed by atoms with Crippen molar-refractivity contribution in [3.63, 3.8) is 0 Å². The average molecular weight is 803 g/mol. The van der Waals surface area contributed by atoms with Gasteiger partial charge in [-0.1, -0.05) is 18.2 Å². The van der Waals surface area contributed by atoms with Crippen molar-refractivity contribution in [3.05, 3.63) is 91.7 Å². The number of halogens is 1. The topological polar surface area (TPSA) is 175 Å². The van der Waals surface area contributed by atoms with Gasteiger partial charge in [0.1, 0.15) is 13.2 Å². The van der Waals surface area contributed by atoms with Crippen molar-refractivity contribution in [1.82, 2.24) is 16.1 Å². The van der Waals surface area contributed by atoms with Gasteiger partial charge in [-0.15, -0.1) is 0 Å². The lowest BCUT2D eigenvalue weighted by atomic mass is 9.95. The van der Waals surface area contributed by atoms with Crippen LogP contribution in [-0.4, -0.2) is 69.6 Å². The summed E-state index contributed by atoms with van der Waals surface area (Å²) in [5.74, 6) is 0.777. The zero-order chi connectivity index (χ0) is 36.2. The summed E-state index contributed by atoms with van der Waals surface area (Å²) in [6, 6.07) is 14.3. The van der Waals surface area contributed by atoms with Crippen LogP contribution in [0.1, 0.15) is 53.9 Å². The van der Waals surface area contributed by atoms with Crippen LogP contribution < -0.4 is 35.0 Å². The molecular formula is C35H39IN4O10. The van der Waals surface area contributed by atoms with Crippen molar-refractivity contribution in [2.24, 2.45) is 5.10 Å². The highest BCUT2D eigenvalue weighted by Crippen LogP contribution is 2.36. The highest BCUT2D eigenvalue weighted by Gasteiger charge is 2.32. The summed E-state index contributed by atoms with van der Waals surface area (Å²) in [6.45, 7) is 5.89. The number of hydrogen-bond acceptors (Lipinski definition) is 12. The number of esters is 2. The fourth-order valence-electron chi connectivity index (χ4n) is 4.88. The van der Waals surface area contributed by atoms with E-state index in [1.54, 1.807) is 69.3 Å². The molecule has 2 atom stereocenters. The Labute approximate surface area is 303 Å². The molecule has 0 unspecified atom stereocenters. The van der Waals surface area contributed by atoms with E-state index in [4.69, 9.17) is 28.4 Å². The van der Waals surface area contributed by atoms with Crippen LogP contribution in [-0.2, 0) is 20.9 Å². The molecule has 4 N–H and O–H groups in total. The van der Waals surface area contributed by atoms with Gasteiger partial charge in [0.2, 0.25) is 0 Å². The molecule has 3 aromatic rings.